The zero-order valence-electron chi connectivity index (χ0n) is 20.5. The first-order chi connectivity index (χ1) is 16.6. The number of rotatable bonds is 4. The number of halogens is 1. The number of nitrogen functional groups attached to an aromatic ring is 1. The fraction of sp³-hybridized carbons (Fsp3) is 0.400. The lowest BCUT2D eigenvalue weighted by Gasteiger charge is -2.29. The van der Waals surface area contributed by atoms with Gasteiger partial charge in [-0.1, -0.05) is 0 Å². The summed E-state index contributed by atoms with van der Waals surface area (Å²) in [5.74, 6) is 0.172. The smallest absolute Gasteiger partial charge is 0.414 e. The van der Waals surface area contributed by atoms with Gasteiger partial charge in [-0.2, -0.15) is 0 Å². The van der Waals surface area contributed by atoms with Crippen molar-refractivity contribution in [3.63, 3.8) is 0 Å². The second kappa shape index (κ2) is 9.91. The number of aromatic nitrogens is 2. The number of carbonyl (C=O) groups is 1. The van der Waals surface area contributed by atoms with Crippen molar-refractivity contribution in [1.29, 1.82) is 0 Å². The molecule has 4 rings (SSSR count). The van der Waals surface area contributed by atoms with Crippen molar-refractivity contribution in [2.24, 2.45) is 0 Å². The monoisotopic (exact) mass is 482 g/mol. The average Bonchev–Trinajstić information content (AvgIpc) is 2.84. The van der Waals surface area contributed by atoms with Crippen LogP contribution < -0.4 is 15.5 Å². The van der Waals surface area contributed by atoms with Gasteiger partial charge in [0.2, 0.25) is 5.95 Å². The van der Waals surface area contributed by atoms with E-state index in [4.69, 9.17) is 15.2 Å². The second-order valence-electron chi connectivity index (χ2n) is 9.40. The largest absolute Gasteiger partial charge is 0.443 e. The number of ether oxygens (including phenoxy) is 2. The van der Waals surface area contributed by atoms with E-state index in [1.807, 2.05) is 36.6 Å². The van der Waals surface area contributed by atoms with Gasteiger partial charge >= 0.3 is 6.09 Å². The molecule has 0 bridgehead atoms. The summed E-state index contributed by atoms with van der Waals surface area (Å²) in [6.07, 6.45) is 8.15. The minimum Gasteiger partial charge on any atom is -0.443 e. The Labute approximate surface area is 204 Å². The van der Waals surface area contributed by atoms with E-state index in [-0.39, 0.29) is 0 Å². The molecule has 10 heteroatoms. The standard InChI is InChI=1S/C25H31FN6O3/c1-25(2,3)35-24(33)30(4)18-5-7-31(8-6-18)22-14-20(26)19(13-21(22)27)17-15-28-23(29-16-17)32-9-11-34-12-10-32/h5-7,13-16H,8-12,27H2,1-4H3. The van der Waals surface area contributed by atoms with Crippen LogP contribution in [0.1, 0.15) is 20.8 Å². The van der Waals surface area contributed by atoms with Crippen molar-refractivity contribution in [2.45, 2.75) is 26.4 Å². The third kappa shape index (κ3) is 5.71. The highest BCUT2D eigenvalue weighted by Crippen LogP contribution is 2.33. The minimum absolute atomic E-state index is 0.335. The molecule has 1 amide bonds. The molecular formula is C25H31FN6O3. The van der Waals surface area contributed by atoms with E-state index in [1.54, 1.807) is 37.8 Å². The van der Waals surface area contributed by atoms with Crippen molar-refractivity contribution in [3.05, 3.63) is 54.4 Å². The summed E-state index contributed by atoms with van der Waals surface area (Å²) in [7, 11) is 1.65. The molecule has 9 nitrogen and oxygen atoms in total. The van der Waals surface area contributed by atoms with Gasteiger partial charge in [-0.25, -0.2) is 19.2 Å². The summed E-state index contributed by atoms with van der Waals surface area (Å²) in [6, 6.07) is 3.00. The Morgan fingerprint density at radius 1 is 1.20 bits per heavy atom. The molecule has 2 aliphatic heterocycles. The molecule has 186 valence electrons. The Morgan fingerprint density at radius 2 is 1.89 bits per heavy atom. The Kier molecular flexibility index (Phi) is 6.93. The summed E-state index contributed by atoms with van der Waals surface area (Å²) >= 11 is 0. The molecule has 0 saturated carbocycles. The molecular weight excluding hydrogens is 451 g/mol. The van der Waals surface area contributed by atoms with Gasteiger partial charge in [-0.05, 0) is 39.0 Å². The van der Waals surface area contributed by atoms with Gasteiger partial charge in [0.25, 0.3) is 0 Å². The predicted molar refractivity (Wildman–Crippen MR) is 133 cm³/mol. The van der Waals surface area contributed by atoms with E-state index in [0.717, 1.165) is 13.1 Å². The average molecular weight is 483 g/mol. The highest BCUT2D eigenvalue weighted by atomic mass is 19.1. The number of hydrogen-bond donors (Lipinski definition) is 1. The van der Waals surface area contributed by atoms with Crippen molar-refractivity contribution < 1.29 is 18.7 Å². The Hall–Kier alpha value is -3.66. The lowest BCUT2D eigenvalue weighted by molar-refractivity contribution is 0.0358. The summed E-state index contributed by atoms with van der Waals surface area (Å²) in [5.41, 5.74) is 8.24. The van der Waals surface area contributed by atoms with Crippen molar-refractivity contribution in [1.82, 2.24) is 14.9 Å². The highest BCUT2D eigenvalue weighted by Gasteiger charge is 2.23. The molecule has 3 heterocycles. The maximum atomic E-state index is 15.1. The molecule has 2 N–H and O–H groups in total. The number of anilines is 3. The van der Waals surface area contributed by atoms with E-state index in [0.29, 0.717) is 53.9 Å². The molecule has 2 aliphatic rings. The molecule has 0 aliphatic carbocycles. The quantitative estimate of drug-likeness (QED) is 0.658. The summed E-state index contributed by atoms with van der Waals surface area (Å²) in [4.78, 5) is 26.4. The number of nitrogens with zero attached hydrogens (tertiary/aromatic N) is 5. The molecule has 0 unspecified atom stereocenters. The van der Waals surface area contributed by atoms with Crippen molar-refractivity contribution >= 4 is 23.4 Å². The predicted octanol–water partition coefficient (Wildman–Crippen LogP) is 3.79. The van der Waals surface area contributed by atoms with Gasteiger partial charge in [0.15, 0.2) is 0 Å². The third-order valence-electron chi connectivity index (χ3n) is 5.65. The topological polar surface area (TPSA) is 97.0 Å². The van der Waals surface area contributed by atoms with Crippen molar-refractivity contribution in [2.75, 3.05) is 55.4 Å². The zero-order valence-corrected chi connectivity index (χ0v) is 20.5. The summed E-state index contributed by atoms with van der Waals surface area (Å²) in [5, 5.41) is 0. The lowest BCUT2D eigenvalue weighted by Crippen LogP contribution is -2.37. The van der Waals surface area contributed by atoms with Gasteiger partial charge in [-0.3, -0.25) is 4.90 Å². The molecule has 1 aromatic heterocycles. The molecule has 0 radical (unpaired) electrons. The van der Waals surface area contributed by atoms with Crippen LogP contribution in [-0.4, -0.2) is 66.5 Å². The maximum Gasteiger partial charge on any atom is 0.414 e. The normalized spacial score (nSPS) is 16.2. The minimum atomic E-state index is -0.585. The Balaban J connectivity index is 1.47. The van der Waals surface area contributed by atoms with Gasteiger partial charge in [0.1, 0.15) is 11.4 Å². The Morgan fingerprint density at radius 3 is 2.49 bits per heavy atom. The number of allylic oxidation sites excluding steroid dienone is 1. The molecule has 0 spiro atoms. The highest BCUT2D eigenvalue weighted by molar-refractivity contribution is 5.78. The van der Waals surface area contributed by atoms with Crippen LogP contribution in [0.2, 0.25) is 0 Å². The molecule has 35 heavy (non-hydrogen) atoms. The number of benzene rings is 1. The molecule has 2 aromatic rings. The van der Waals surface area contributed by atoms with E-state index >= 15 is 4.39 Å². The number of likely N-dealkylation sites (N-methyl/N-ethyl adjacent to an activating group) is 1. The lowest BCUT2D eigenvalue weighted by atomic mass is 10.1. The number of hydrogen-bond acceptors (Lipinski definition) is 8. The van der Waals surface area contributed by atoms with Crippen molar-refractivity contribution in [3.8, 4) is 11.1 Å². The second-order valence-corrected chi connectivity index (χ2v) is 9.40. The first kappa shape index (κ1) is 24.5. The number of amides is 1. The summed E-state index contributed by atoms with van der Waals surface area (Å²) in [6.45, 7) is 8.59. The summed E-state index contributed by atoms with van der Waals surface area (Å²) < 4.78 is 25.9. The van der Waals surface area contributed by atoms with E-state index in [9.17, 15) is 4.79 Å². The zero-order chi connectivity index (χ0) is 25.2. The first-order valence-corrected chi connectivity index (χ1v) is 11.5. The maximum absolute atomic E-state index is 15.1. The van der Waals surface area contributed by atoms with Crippen LogP contribution in [0.15, 0.2) is 48.6 Å². The molecule has 1 saturated heterocycles. The fourth-order valence-corrected chi connectivity index (χ4v) is 3.79. The van der Waals surface area contributed by atoms with Gasteiger partial charge in [-0.15, -0.1) is 0 Å². The van der Waals surface area contributed by atoms with Crippen LogP contribution in [0.25, 0.3) is 11.1 Å². The number of morpholine rings is 1. The number of nitrogens with two attached hydrogens (primary N) is 1. The van der Waals surface area contributed by atoms with Crippen LogP contribution in [-0.2, 0) is 9.47 Å². The third-order valence-corrected chi connectivity index (χ3v) is 5.65. The SMILES string of the molecule is CN(C(=O)OC(C)(C)C)C1=CCN(c2cc(F)c(-c3cnc(N4CCOCC4)nc3)cc2N)C=C1. The van der Waals surface area contributed by atoms with Gasteiger partial charge in [0.05, 0.1) is 24.6 Å². The molecule has 1 aromatic carbocycles. The van der Waals surface area contributed by atoms with E-state index in [1.165, 1.54) is 11.0 Å². The van der Waals surface area contributed by atoms with E-state index in [2.05, 4.69) is 9.97 Å². The first-order valence-electron chi connectivity index (χ1n) is 11.5. The van der Waals surface area contributed by atoms with Gasteiger partial charge < -0.3 is 25.0 Å². The van der Waals surface area contributed by atoms with Crippen LogP contribution >= 0.6 is 0 Å². The van der Waals surface area contributed by atoms with Crippen LogP contribution in [0.4, 0.5) is 26.5 Å². The Bertz CT molecular complexity index is 1140. The van der Waals surface area contributed by atoms with Crippen LogP contribution in [0, 0.1) is 5.82 Å². The molecule has 0 atom stereocenters. The number of carbonyl (C=O) groups excluding carboxylic acids is 1. The fourth-order valence-electron chi connectivity index (χ4n) is 3.79. The van der Waals surface area contributed by atoms with Crippen LogP contribution in [0.3, 0.4) is 0 Å². The van der Waals surface area contributed by atoms with E-state index < -0.39 is 17.5 Å². The van der Waals surface area contributed by atoms with Crippen LogP contribution in [0.5, 0.6) is 0 Å². The van der Waals surface area contributed by atoms with Gasteiger partial charge in [0, 0.05) is 68.2 Å². The molecule has 1 fully saturated rings.